The Hall–Kier alpha value is -3.42. The minimum atomic E-state index is -0.589. The maximum atomic E-state index is 12.4. The van der Waals surface area contributed by atoms with Crippen LogP contribution in [-0.2, 0) is 17.9 Å². The molecular weight excluding hydrogens is 350 g/mol. The number of carbonyl (C=O) groups is 2. The van der Waals surface area contributed by atoms with E-state index >= 15 is 0 Å². The van der Waals surface area contributed by atoms with Crippen LogP contribution in [0.3, 0.4) is 0 Å². The van der Waals surface area contributed by atoms with Crippen molar-refractivity contribution in [2.24, 2.45) is 0 Å². The molecule has 140 valence electrons. The van der Waals surface area contributed by atoms with Crippen molar-refractivity contribution in [2.75, 3.05) is 6.54 Å². The summed E-state index contributed by atoms with van der Waals surface area (Å²) in [5.41, 5.74) is 1.20. The van der Waals surface area contributed by atoms with Crippen molar-refractivity contribution in [2.45, 2.75) is 25.9 Å². The molecule has 1 heterocycles. The number of nitrogens with one attached hydrogen (secondary N) is 1. The van der Waals surface area contributed by atoms with Gasteiger partial charge in [0.25, 0.3) is 11.6 Å². The standard InChI is InChI=1S/C19H19N3O5/c23-17-7-6-16(22(26)27)10-15(17)11-20-19(25)14-4-1-3-13(9-14)12-21-8-2-5-18(21)24/h1,3-4,6-7,9-10,23H,2,5,8,11-12H2,(H,20,25)/p-1. The topological polar surface area (TPSA) is 116 Å². The van der Waals surface area contributed by atoms with Gasteiger partial charge in [-0.15, -0.1) is 5.75 Å². The third-order valence-corrected chi connectivity index (χ3v) is 4.43. The van der Waals surface area contributed by atoms with Crippen molar-refractivity contribution < 1.29 is 19.6 Å². The molecule has 1 aliphatic heterocycles. The Labute approximate surface area is 155 Å². The minimum absolute atomic E-state index is 0.103. The molecule has 2 aromatic rings. The molecule has 0 atom stereocenters. The summed E-state index contributed by atoms with van der Waals surface area (Å²) >= 11 is 0. The molecule has 1 N–H and O–H groups in total. The van der Waals surface area contributed by atoms with Gasteiger partial charge in [-0.3, -0.25) is 19.7 Å². The van der Waals surface area contributed by atoms with E-state index < -0.39 is 10.8 Å². The molecule has 0 unspecified atom stereocenters. The number of non-ortho nitro benzene ring substituents is 1. The van der Waals surface area contributed by atoms with Crippen LogP contribution in [0.2, 0.25) is 0 Å². The Kier molecular flexibility index (Phi) is 5.35. The Bertz CT molecular complexity index is 897. The lowest BCUT2D eigenvalue weighted by Crippen LogP contribution is -2.25. The molecule has 2 aromatic carbocycles. The molecular formula is C19H18N3O5-. The number of nitrogens with zero attached hydrogens (tertiary/aromatic N) is 2. The first-order valence-corrected chi connectivity index (χ1v) is 8.53. The second kappa shape index (κ2) is 7.86. The van der Waals surface area contributed by atoms with Crippen molar-refractivity contribution in [1.82, 2.24) is 10.2 Å². The van der Waals surface area contributed by atoms with Gasteiger partial charge < -0.3 is 15.3 Å². The van der Waals surface area contributed by atoms with Gasteiger partial charge >= 0.3 is 0 Å². The lowest BCUT2D eigenvalue weighted by molar-refractivity contribution is -0.385. The molecule has 1 saturated heterocycles. The van der Waals surface area contributed by atoms with Crippen molar-refractivity contribution in [3.8, 4) is 5.75 Å². The highest BCUT2D eigenvalue weighted by atomic mass is 16.6. The molecule has 0 spiro atoms. The fraction of sp³-hybridized carbons (Fsp3) is 0.263. The van der Waals surface area contributed by atoms with Crippen LogP contribution >= 0.6 is 0 Å². The third-order valence-electron chi connectivity index (χ3n) is 4.43. The Morgan fingerprint density at radius 1 is 1.22 bits per heavy atom. The highest BCUT2D eigenvalue weighted by Crippen LogP contribution is 2.21. The molecule has 8 nitrogen and oxygen atoms in total. The SMILES string of the molecule is O=C(NCc1cc([N+](=O)[O-])ccc1[O-])c1cccc(CN2CCCC2=O)c1. The van der Waals surface area contributed by atoms with E-state index in [2.05, 4.69) is 5.32 Å². The predicted molar refractivity (Wildman–Crippen MR) is 94.8 cm³/mol. The van der Waals surface area contributed by atoms with E-state index in [4.69, 9.17) is 0 Å². The van der Waals surface area contributed by atoms with Gasteiger partial charge in [-0.05, 0) is 29.7 Å². The van der Waals surface area contributed by atoms with Crippen molar-refractivity contribution in [3.63, 3.8) is 0 Å². The molecule has 1 fully saturated rings. The van der Waals surface area contributed by atoms with Gasteiger partial charge in [-0.1, -0.05) is 18.2 Å². The molecule has 0 saturated carbocycles. The van der Waals surface area contributed by atoms with Crippen molar-refractivity contribution >= 4 is 17.5 Å². The fourth-order valence-electron chi connectivity index (χ4n) is 3.00. The van der Waals surface area contributed by atoms with Gasteiger partial charge in [-0.25, -0.2) is 0 Å². The highest BCUT2D eigenvalue weighted by Gasteiger charge is 2.20. The summed E-state index contributed by atoms with van der Waals surface area (Å²) < 4.78 is 0. The lowest BCUT2D eigenvalue weighted by Gasteiger charge is -2.16. The van der Waals surface area contributed by atoms with Crippen molar-refractivity contribution in [1.29, 1.82) is 0 Å². The number of amides is 2. The quantitative estimate of drug-likeness (QED) is 0.616. The van der Waals surface area contributed by atoms with Gasteiger partial charge in [-0.2, -0.15) is 0 Å². The molecule has 0 radical (unpaired) electrons. The van der Waals surface area contributed by atoms with Crippen LogP contribution in [-0.4, -0.2) is 28.2 Å². The summed E-state index contributed by atoms with van der Waals surface area (Å²) in [4.78, 5) is 36.1. The van der Waals surface area contributed by atoms with E-state index in [1.54, 1.807) is 23.1 Å². The van der Waals surface area contributed by atoms with E-state index in [0.717, 1.165) is 30.2 Å². The number of hydrogen-bond acceptors (Lipinski definition) is 5. The van der Waals surface area contributed by atoms with Gasteiger partial charge in [0, 0.05) is 43.8 Å². The number of nitro benzene ring substituents is 1. The molecule has 1 aliphatic rings. The second-order valence-corrected chi connectivity index (χ2v) is 6.35. The molecule has 2 amide bonds. The van der Waals surface area contributed by atoms with E-state index in [0.29, 0.717) is 25.1 Å². The van der Waals surface area contributed by atoms with Gasteiger partial charge in [0.15, 0.2) is 0 Å². The van der Waals surface area contributed by atoms with Crippen LogP contribution in [0, 0.1) is 10.1 Å². The minimum Gasteiger partial charge on any atom is -0.872 e. The molecule has 3 rings (SSSR count). The van der Waals surface area contributed by atoms with Crippen LogP contribution in [0.4, 0.5) is 5.69 Å². The lowest BCUT2D eigenvalue weighted by atomic mass is 10.1. The van der Waals surface area contributed by atoms with E-state index in [1.165, 1.54) is 0 Å². The number of likely N-dealkylation sites (tertiary alicyclic amines) is 1. The largest absolute Gasteiger partial charge is 0.872 e. The third kappa shape index (κ3) is 4.41. The normalized spacial score (nSPS) is 13.6. The van der Waals surface area contributed by atoms with Crippen molar-refractivity contribution in [3.05, 3.63) is 69.3 Å². The van der Waals surface area contributed by atoms with Gasteiger partial charge in [0.1, 0.15) is 0 Å². The van der Waals surface area contributed by atoms with Crippen LogP contribution < -0.4 is 10.4 Å². The molecule has 27 heavy (non-hydrogen) atoms. The van der Waals surface area contributed by atoms with Gasteiger partial charge in [0.05, 0.1) is 4.92 Å². The fourth-order valence-corrected chi connectivity index (χ4v) is 3.00. The zero-order valence-electron chi connectivity index (χ0n) is 14.5. The average Bonchev–Trinajstić information content (AvgIpc) is 3.05. The van der Waals surface area contributed by atoms with Crippen LogP contribution in [0.15, 0.2) is 42.5 Å². The van der Waals surface area contributed by atoms with Crippen LogP contribution in [0.5, 0.6) is 5.75 Å². The first kappa shape index (κ1) is 18.4. The van der Waals surface area contributed by atoms with E-state index in [9.17, 15) is 24.8 Å². The number of hydrogen-bond donors (Lipinski definition) is 1. The Balaban J connectivity index is 1.66. The summed E-state index contributed by atoms with van der Waals surface area (Å²) in [5, 5.41) is 25.2. The monoisotopic (exact) mass is 368 g/mol. The summed E-state index contributed by atoms with van der Waals surface area (Å²) in [7, 11) is 0. The predicted octanol–water partition coefficient (Wildman–Crippen LogP) is 1.72. The number of benzene rings is 2. The zero-order valence-corrected chi connectivity index (χ0v) is 14.5. The highest BCUT2D eigenvalue weighted by molar-refractivity contribution is 5.94. The molecule has 0 aromatic heterocycles. The van der Waals surface area contributed by atoms with Gasteiger partial charge in [0.2, 0.25) is 5.91 Å². The van der Waals surface area contributed by atoms with Crippen LogP contribution in [0.25, 0.3) is 0 Å². The zero-order chi connectivity index (χ0) is 19.4. The van der Waals surface area contributed by atoms with Crippen LogP contribution in [0.1, 0.15) is 34.3 Å². The Morgan fingerprint density at radius 2 is 2.04 bits per heavy atom. The number of carbonyl (C=O) groups excluding carboxylic acids is 2. The molecule has 8 heteroatoms. The first-order chi connectivity index (χ1) is 12.9. The summed E-state index contributed by atoms with van der Waals surface area (Å²) in [6.07, 6.45) is 1.40. The number of rotatable bonds is 6. The van der Waals surface area contributed by atoms with E-state index in [-0.39, 0.29) is 29.5 Å². The average molecular weight is 368 g/mol. The Morgan fingerprint density at radius 3 is 2.74 bits per heavy atom. The molecule has 0 aliphatic carbocycles. The smallest absolute Gasteiger partial charge is 0.269 e. The summed E-state index contributed by atoms with van der Waals surface area (Å²) in [5.74, 6) is -0.656. The maximum absolute atomic E-state index is 12.4. The summed E-state index contributed by atoms with van der Waals surface area (Å²) in [6.45, 7) is 1.07. The number of nitro groups is 1. The second-order valence-electron chi connectivity index (χ2n) is 6.35. The maximum Gasteiger partial charge on any atom is 0.269 e. The first-order valence-electron chi connectivity index (χ1n) is 8.53. The van der Waals surface area contributed by atoms with E-state index in [1.807, 2.05) is 6.07 Å². The summed E-state index contributed by atoms with van der Waals surface area (Å²) in [6, 6.07) is 10.3. The molecule has 0 bridgehead atoms.